The number of ether oxygens (including phenoxy) is 1. The summed E-state index contributed by atoms with van der Waals surface area (Å²) >= 11 is 0. The highest BCUT2D eigenvalue weighted by atomic mass is 16.5. The normalized spacial score (nSPS) is 23.4. The van der Waals surface area contributed by atoms with Crippen LogP contribution >= 0.6 is 0 Å². The predicted octanol–water partition coefficient (Wildman–Crippen LogP) is 0.706. The fourth-order valence-corrected chi connectivity index (χ4v) is 1.42. The molecule has 4 heteroatoms. The molecule has 4 nitrogen and oxygen atoms in total. The summed E-state index contributed by atoms with van der Waals surface area (Å²) in [6.45, 7) is 2.21. The number of nitrogens with zero attached hydrogens (tertiary/aromatic N) is 1. The molecule has 2 heterocycles. The minimum absolute atomic E-state index is 0.240. The fourth-order valence-electron chi connectivity index (χ4n) is 1.42. The molecule has 2 aliphatic rings. The number of fused-ring (bicyclic) bond motifs is 1. The molecule has 0 aromatic rings. The van der Waals surface area contributed by atoms with E-state index in [9.17, 15) is 4.79 Å². The molecule has 14 heavy (non-hydrogen) atoms. The van der Waals surface area contributed by atoms with Gasteiger partial charge in [-0.05, 0) is 25.2 Å². The van der Waals surface area contributed by atoms with Crippen LogP contribution in [0.25, 0.3) is 0 Å². The Labute approximate surface area is 82.5 Å². The van der Waals surface area contributed by atoms with Crippen molar-refractivity contribution in [2.45, 2.75) is 13.0 Å². The fraction of sp³-hybridized carbons (Fsp3) is 0.300. The van der Waals surface area contributed by atoms with Crippen LogP contribution in [0.1, 0.15) is 6.92 Å². The van der Waals surface area contributed by atoms with Crippen LogP contribution in [0.2, 0.25) is 0 Å². The number of carbonyl (C=O) groups excluding carboxylic acids is 1. The molecule has 2 aliphatic heterocycles. The van der Waals surface area contributed by atoms with Crippen molar-refractivity contribution in [3.05, 3.63) is 36.2 Å². The number of rotatable bonds is 2. The van der Waals surface area contributed by atoms with Crippen LogP contribution in [-0.2, 0) is 9.53 Å². The lowest BCUT2D eigenvalue weighted by Gasteiger charge is -2.18. The maximum atomic E-state index is 11.4. The minimum atomic E-state index is -0.364. The van der Waals surface area contributed by atoms with E-state index in [1.807, 2.05) is 35.5 Å². The van der Waals surface area contributed by atoms with Gasteiger partial charge in [0.1, 0.15) is 6.04 Å². The SMILES string of the molecule is CCOC(=O)C1C=C2C=CC=CN2N1. The highest BCUT2D eigenvalue weighted by Gasteiger charge is 2.27. The van der Waals surface area contributed by atoms with Gasteiger partial charge in [-0.2, -0.15) is 0 Å². The van der Waals surface area contributed by atoms with Gasteiger partial charge in [-0.1, -0.05) is 6.08 Å². The van der Waals surface area contributed by atoms with Crippen molar-refractivity contribution in [2.75, 3.05) is 6.61 Å². The summed E-state index contributed by atoms with van der Waals surface area (Å²) in [5, 5.41) is 1.81. The Hall–Kier alpha value is -1.55. The summed E-state index contributed by atoms with van der Waals surface area (Å²) in [5.41, 5.74) is 3.98. The molecule has 0 saturated heterocycles. The van der Waals surface area contributed by atoms with Gasteiger partial charge in [0, 0.05) is 6.20 Å². The molecule has 0 aromatic carbocycles. The van der Waals surface area contributed by atoms with Gasteiger partial charge >= 0.3 is 5.97 Å². The maximum absolute atomic E-state index is 11.4. The maximum Gasteiger partial charge on any atom is 0.329 e. The Kier molecular flexibility index (Phi) is 2.37. The van der Waals surface area contributed by atoms with E-state index >= 15 is 0 Å². The third-order valence-electron chi connectivity index (χ3n) is 2.05. The molecule has 0 saturated carbocycles. The number of hydrogen-bond donors (Lipinski definition) is 1. The summed E-state index contributed by atoms with van der Waals surface area (Å²) in [6.07, 6.45) is 9.48. The molecule has 0 aliphatic carbocycles. The summed E-state index contributed by atoms with van der Waals surface area (Å²) in [7, 11) is 0. The van der Waals surface area contributed by atoms with E-state index in [0.29, 0.717) is 6.61 Å². The number of allylic oxidation sites excluding steroid dienone is 3. The van der Waals surface area contributed by atoms with Crippen LogP contribution in [0.15, 0.2) is 36.2 Å². The standard InChI is InChI=1S/C10H12N2O2/c1-2-14-10(13)9-7-8-5-3-4-6-12(8)11-9/h3-7,9,11H,2H2,1H3. The van der Waals surface area contributed by atoms with Crippen molar-refractivity contribution < 1.29 is 9.53 Å². The van der Waals surface area contributed by atoms with Crippen molar-refractivity contribution in [2.24, 2.45) is 0 Å². The van der Waals surface area contributed by atoms with E-state index in [1.54, 1.807) is 6.92 Å². The molecular formula is C10H12N2O2. The Bertz CT molecular complexity index is 331. The molecule has 0 fully saturated rings. The van der Waals surface area contributed by atoms with Crippen LogP contribution in [0, 0.1) is 0 Å². The first-order valence-corrected chi connectivity index (χ1v) is 4.60. The van der Waals surface area contributed by atoms with Gasteiger partial charge < -0.3 is 4.74 Å². The lowest BCUT2D eigenvalue weighted by atomic mass is 10.2. The van der Waals surface area contributed by atoms with Crippen molar-refractivity contribution in [1.29, 1.82) is 0 Å². The lowest BCUT2D eigenvalue weighted by molar-refractivity contribution is -0.144. The molecule has 2 rings (SSSR count). The summed E-state index contributed by atoms with van der Waals surface area (Å²) in [5.74, 6) is -0.240. The number of carbonyl (C=O) groups is 1. The molecule has 74 valence electrons. The molecule has 0 bridgehead atoms. The van der Waals surface area contributed by atoms with Gasteiger partial charge in [0.05, 0.1) is 12.3 Å². The van der Waals surface area contributed by atoms with E-state index in [4.69, 9.17) is 4.74 Å². The average molecular weight is 192 g/mol. The number of hydrogen-bond acceptors (Lipinski definition) is 4. The van der Waals surface area contributed by atoms with Crippen molar-refractivity contribution >= 4 is 5.97 Å². The van der Waals surface area contributed by atoms with Crippen LogP contribution < -0.4 is 5.43 Å². The number of esters is 1. The van der Waals surface area contributed by atoms with Gasteiger partial charge in [0.2, 0.25) is 0 Å². The molecule has 0 amide bonds. The van der Waals surface area contributed by atoms with Crippen molar-refractivity contribution in [3.63, 3.8) is 0 Å². The zero-order chi connectivity index (χ0) is 9.97. The average Bonchev–Trinajstić information content (AvgIpc) is 2.61. The zero-order valence-corrected chi connectivity index (χ0v) is 7.93. The second-order valence-corrected chi connectivity index (χ2v) is 3.02. The topological polar surface area (TPSA) is 41.6 Å². The Balaban J connectivity index is 2.06. The molecule has 1 atom stereocenters. The molecule has 1 N–H and O–H groups in total. The van der Waals surface area contributed by atoms with Gasteiger partial charge in [-0.25, -0.2) is 10.2 Å². The Morgan fingerprint density at radius 1 is 1.64 bits per heavy atom. The van der Waals surface area contributed by atoms with Crippen molar-refractivity contribution in [3.8, 4) is 0 Å². The Morgan fingerprint density at radius 3 is 3.21 bits per heavy atom. The quantitative estimate of drug-likeness (QED) is 0.654. The minimum Gasteiger partial charge on any atom is -0.465 e. The zero-order valence-electron chi connectivity index (χ0n) is 7.93. The largest absolute Gasteiger partial charge is 0.465 e. The molecule has 1 unspecified atom stereocenters. The molecule has 0 spiro atoms. The van der Waals surface area contributed by atoms with E-state index < -0.39 is 0 Å². The highest BCUT2D eigenvalue weighted by molar-refractivity contribution is 5.79. The van der Waals surface area contributed by atoms with E-state index in [-0.39, 0.29) is 12.0 Å². The second-order valence-electron chi connectivity index (χ2n) is 3.02. The number of hydrazine groups is 1. The van der Waals surface area contributed by atoms with E-state index in [2.05, 4.69) is 5.43 Å². The summed E-state index contributed by atoms with van der Waals surface area (Å²) in [6, 6.07) is -0.364. The first kappa shape index (κ1) is 9.02. The monoisotopic (exact) mass is 192 g/mol. The lowest BCUT2D eigenvalue weighted by Crippen LogP contribution is -2.39. The molecule has 0 aromatic heterocycles. The van der Waals surface area contributed by atoms with E-state index in [1.165, 1.54) is 0 Å². The van der Waals surface area contributed by atoms with Gasteiger partial charge in [-0.3, -0.25) is 5.01 Å². The van der Waals surface area contributed by atoms with Crippen LogP contribution in [0.3, 0.4) is 0 Å². The number of nitrogens with one attached hydrogen (secondary N) is 1. The first-order valence-electron chi connectivity index (χ1n) is 4.60. The van der Waals surface area contributed by atoms with Crippen LogP contribution in [0.4, 0.5) is 0 Å². The van der Waals surface area contributed by atoms with Gasteiger partial charge in [0.25, 0.3) is 0 Å². The highest BCUT2D eigenvalue weighted by Crippen LogP contribution is 2.17. The first-order chi connectivity index (χ1) is 6.81. The smallest absolute Gasteiger partial charge is 0.329 e. The second kappa shape index (κ2) is 3.67. The van der Waals surface area contributed by atoms with Gasteiger partial charge in [-0.15, -0.1) is 0 Å². The summed E-state index contributed by atoms with van der Waals surface area (Å²) in [4.78, 5) is 11.4. The van der Waals surface area contributed by atoms with E-state index in [0.717, 1.165) is 5.70 Å². The molecular weight excluding hydrogens is 180 g/mol. The van der Waals surface area contributed by atoms with Crippen LogP contribution in [0.5, 0.6) is 0 Å². The van der Waals surface area contributed by atoms with Crippen molar-refractivity contribution in [1.82, 2.24) is 10.4 Å². The third kappa shape index (κ3) is 1.56. The third-order valence-corrected chi connectivity index (χ3v) is 2.05. The van der Waals surface area contributed by atoms with Gasteiger partial charge in [0.15, 0.2) is 0 Å². The Morgan fingerprint density at radius 2 is 2.50 bits per heavy atom. The predicted molar refractivity (Wildman–Crippen MR) is 51.8 cm³/mol. The molecule has 0 radical (unpaired) electrons. The van der Waals surface area contributed by atoms with Crippen LogP contribution in [-0.4, -0.2) is 23.6 Å². The summed E-state index contributed by atoms with van der Waals surface area (Å²) < 4.78 is 4.91.